The normalized spacial score (nSPS) is 12.9. The van der Waals surface area contributed by atoms with Crippen LogP contribution in [0.2, 0.25) is 0 Å². The van der Waals surface area contributed by atoms with Gasteiger partial charge in [0.15, 0.2) is 0 Å². The lowest BCUT2D eigenvalue weighted by atomic mass is 10.1. The fraction of sp³-hybridized carbons (Fsp3) is 0.500. The van der Waals surface area contributed by atoms with Crippen molar-refractivity contribution < 1.29 is 0 Å². The van der Waals surface area contributed by atoms with Gasteiger partial charge in [-0.2, -0.15) is 5.10 Å². The van der Waals surface area contributed by atoms with Gasteiger partial charge in [0, 0.05) is 45.1 Å². The van der Waals surface area contributed by atoms with Gasteiger partial charge in [0.2, 0.25) is 0 Å². The molecule has 0 amide bonds. The Hall–Kier alpha value is -0.650. The third kappa shape index (κ3) is 3.27. The average molecular weight is 342 g/mol. The Morgan fingerprint density at radius 2 is 2.21 bits per heavy atom. The van der Waals surface area contributed by atoms with E-state index in [4.69, 9.17) is 0 Å². The molecule has 0 aliphatic heterocycles. The lowest BCUT2D eigenvalue weighted by Crippen LogP contribution is -2.18. The third-order valence-electron chi connectivity index (χ3n) is 3.37. The Kier molecular flexibility index (Phi) is 4.81. The van der Waals surface area contributed by atoms with Crippen molar-refractivity contribution in [3.8, 4) is 0 Å². The monoisotopic (exact) mass is 341 g/mol. The van der Waals surface area contributed by atoms with Gasteiger partial charge >= 0.3 is 0 Å². The number of hydrogen-bond acceptors (Lipinski definition) is 3. The number of rotatable bonds is 5. The van der Waals surface area contributed by atoms with Crippen LogP contribution in [0.15, 0.2) is 15.9 Å². The van der Waals surface area contributed by atoms with Crippen molar-refractivity contribution in [3.05, 3.63) is 37.7 Å². The smallest absolute Gasteiger partial charge is 0.0644 e. The first-order valence-corrected chi connectivity index (χ1v) is 8.20. The van der Waals surface area contributed by atoms with Crippen molar-refractivity contribution in [2.75, 3.05) is 0 Å². The maximum Gasteiger partial charge on any atom is 0.0644 e. The van der Waals surface area contributed by atoms with Crippen LogP contribution in [0.25, 0.3) is 0 Å². The summed E-state index contributed by atoms with van der Waals surface area (Å²) < 4.78 is 3.23. The average Bonchev–Trinajstić information content (AvgIpc) is 2.90. The lowest BCUT2D eigenvalue weighted by Gasteiger charge is -2.14. The van der Waals surface area contributed by atoms with Crippen molar-refractivity contribution in [2.24, 2.45) is 0 Å². The summed E-state index contributed by atoms with van der Waals surface area (Å²) in [7, 11) is 0. The molecule has 2 aromatic heterocycles. The van der Waals surface area contributed by atoms with Gasteiger partial charge in [-0.1, -0.05) is 0 Å². The van der Waals surface area contributed by atoms with Gasteiger partial charge < -0.3 is 5.32 Å². The molecule has 3 nitrogen and oxygen atoms in total. The molecule has 2 aromatic rings. The third-order valence-corrected chi connectivity index (χ3v) is 5.07. The summed E-state index contributed by atoms with van der Waals surface area (Å²) in [4.78, 5) is 1.34. The van der Waals surface area contributed by atoms with E-state index in [2.05, 4.69) is 70.2 Å². The largest absolute Gasteiger partial charge is 0.305 e. The van der Waals surface area contributed by atoms with Crippen molar-refractivity contribution in [1.29, 1.82) is 0 Å². The van der Waals surface area contributed by atoms with Gasteiger partial charge in [0.05, 0.1) is 5.69 Å². The quantitative estimate of drug-likeness (QED) is 0.883. The number of halogens is 1. The molecule has 0 bridgehead atoms. The van der Waals surface area contributed by atoms with Gasteiger partial charge in [-0.15, -0.1) is 11.3 Å². The molecule has 19 heavy (non-hydrogen) atoms. The summed E-state index contributed by atoms with van der Waals surface area (Å²) >= 11 is 5.26. The standard InChI is InChI=1S/C14H20BrN3S/c1-5-18-11(4)14(10(3)17-18)9(2)16-7-13-6-12(15)8-19-13/h6,8-9,16H,5,7H2,1-4H3. The van der Waals surface area contributed by atoms with Crippen LogP contribution in [-0.2, 0) is 13.1 Å². The summed E-state index contributed by atoms with van der Waals surface area (Å²) in [6.07, 6.45) is 0. The lowest BCUT2D eigenvalue weighted by molar-refractivity contribution is 0.570. The van der Waals surface area contributed by atoms with E-state index in [0.29, 0.717) is 6.04 Å². The molecule has 104 valence electrons. The Labute approximate surface area is 127 Å². The molecule has 1 unspecified atom stereocenters. The fourth-order valence-corrected chi connectivity index (χ4v) is 3.85. The number of nitrogens with one attached hydrogen (secondary N) is 1. The molecular weight excluding hydrogens is 322 g/mol. The zero-order chi connectivity index (χ0) is 14.0. The highest BCUT2D eigenvalue weighted by Crippen LogP contribution is 2.23. The van der Waals surface area contributed by atoms with Gasteiger partial charge in [-0.25, -0.2) is 0 Å². The molecule has 1 N–H and O–H groups in total. The van der Waals surface area contributed by atoms with E-state index in [-0.39, 0.29) is 0 Å². The number of aromatic nitrogens is 2. The molecule has 0 aromatic carbocycles. The number of thiophene rings is 1. The van der Waals surface area contributed by atoms with Crippen LogP contribution in [0.5, 0.6) is 0 Å². The van der Waals surface area contributed by atoms with Crippen LogP contribution < -0.4 is 5.32 Å². The fourth-order valence-electron chi connectivity index (χ4n) is 2.45. The minimum Gasteiger partial charge on any atom is -0.305 e. The van der Waals surface area contributed by atoms with E-state index < -0.39 is 0 Å². The van der Waals surface area contributed by atoms with Crippen molar-refractivity contribution in [3.63, 3.8) is 0 Å². The van der Waals surface area contributed by atoms with Crippen molar-refractivity contribution in [2.45, 2.75) is 46.8 Å². The second-order valence-corrected chi connectivity index (χ2v) is 6.65. The minimum absolute atomic E-state index is 0.321. The van der Waals surface area contributed by atoms with Crippen LogP contribution in [0.3, 0.4) is 0 Å². The first-order chi connectivity index (χ1) is 9.02. The summed E-state index contributed by atoms with van der Waals surface area (Å²) in [5.41, 5.74) is 3.73. The predicted molar refractivity (Wildman–Crippen MR) is 84.6 cm³/mol. The highest BCUT2D eigenvalue weighted by molar-refractivity contribution is 9.10. The maximum absolute atomic E-state index is 4.58. The first-order valence-electron chi connectivity index (χ1n) is 6.53. The van der Waals surface area contributed by atoms with E-state index in [1.54, 1.807) is 11.3 Å². The molecule has 0 saturated heterocycles. The zero-order valence-corrected chi connectivity index (χ0v) is 14.2. The first kappa shape index (κ1) is 14.8. The van der Waals surface area contributed by atoms with E-state index in [1.165, 1.54) is 16.1 Å². The second kappa shape index (κ2) is 6.20. The topological polar surface area (TPSA) is 29.9 Å². The summed E-state index contributed by atoms with van der Waals surface area (Å²) in [6.45, 7) is 10.4. The van der Waals surface area contributed by atoms with Gasteiger partial charge in [0.1, 0.15) is 0 Å². The highest BCUT2D eigenvalue weighted by Gasteiger charge is 2.16. The number of nitrogens with zero attached hydrogens (tertiary/aromatic N) is 2. The van der Waals surface area contributed by atoms with Crippen LogP contribution in [-0.4, -0.2) is 9.78 Å². The second-order valence-electron chi connectivity index (χ2n) is 4.73. The van der Waals surface area contributed by atoms with Crippen LogP contribution >= 0.6 is 27.3 Å². The zero-order valence-electron chi connectivity index (χ0n) is 11.8. The van der Waals surface area contributed by atoms with Gasteiger partial charge in [-0.3, -0.25) is 4.68 Å². The molecule has 2 heterocycles. The maximum atomic E-state index is 4.58. The van der Waals surface area contributed by atoms with E-state index in [0.717, 1.165) is 23.3 Å². The van der Waals surface area contributed by atoms with Crippen LogP contribution in [0.1, 0.15) is 41.7 Å². The Morgan fingerprint density at radius 3 is 2.74 bits per heavy atom. The van der Waals surface area contributed by atoms with Crippen LogP contribution in [0, 0.1) is 13.8 Å². The Balaban J connectivity index is 2.07. The molecule has 5 heteroatoms. The van der Waals surface area contributed by atoms with E-state index in [9.17, 15) is 0 Å². The number of aryl methyl sites for hydroxylation is 2. The molecule has 0 aliphatic rings. The van der Waals surface area contributed by atoms with Gasteiger partial charge in [-0.05, 0) is 49.7 Å². The molecule has 2 rings (SSSR count). The van der Waals surface area contributed by atoms with E-state index in [1.807, 2.05) is 0 Å². The van der Waals surface area contributed by atoms with Crippen LogP contribution in [0.4, 0.5) is 0 Å². The predicted octanol–water partition coefficient (Wildman–Crippen LogP) is 4.19. The molecule has 0 aliphatic carbocycles. The van der Waals surface area contributed by atoms with Crippen molar-refractivity contribution >= 4 is 27.3 Å². The van der Waals surface area contributed by atoms with E-state index >= 15 is 0 Å². The van der Waals surface area contributed by atoms with Gasteiger partial charge in [0.25, 0.3) is 0 Å². The molecule has 0 saturated carbocycles. The number of hydrogen-bond donors (Lipinski definition) is 1. The molecular formula is C14H20BrN3S. The highest BCUT2D eigenvalue weighted by atomic mass is 79.9. The minimum atomic E-state index is 0.321. The Bertz CT molecular complexity index is 559. The molecule has 0 spiro atoms. The molecule has 0 fully saturated rings. The van der Waals surface area contributed by atoms with Crippen molar-refractivity contribution in [1.82, 2.24) is 15.1 Å². The Morgan fingerprint density at radius 1 is 1.47 bits per heavy atom. The molecule has 1 atom stereocenters. The summed E-state index contributed by atoms with van der Waals surface area (Å²) in [5.74, 6) is 0. The summed E-state index contributed by atoms with van der Waals surface area (Å²) in [5, 5.41) is 10.3. The molecule has 0 radical (unpaired) electrons. The summed E-state index contributed by atoms with van der Waals surface area (Å²) in [6, 6.07) is 2.49. The SMILES string of the molecule is CCn1nc(C)c(C(C)NCc2cc(Br)cs2)c1C.